The number of benzene rings is 4. The van der Waals surface area contributed by atoms with Crippen molar-refractivity contribution in [1.82, 2.24) is 19.5 Å². The van der Waals surface area contributed by atoms with Crippen LogP contribution in [0.5, 0.6) is 0 Å². The van der Waals surface area contributed by atoms with Crippen molar-refractivity contribution < 1.29 is 36.3 Å². The summed E-state index contributed by atoms with van der Waals surface area (Å²) in [6, 6.07) is 37.5. The van der Waals surface area contributed by atoms with E-state index in [-0.39, 0.29) is 45.0 Å². The maximum Gasteiger partial charge on any atom is 0.475 e. The molecule has 0 radical (unpaired) electrons. The van der Waals surface area contributed by atoms with E-state index in [2.05, 4.69) is 20.3 Å². The number of aromatic nitrogens is 4. The van der Waals surface area contributed by atoms with E-state index in [1.54, 1.807) is 13.4 Å². The van der Waals surface area contributed by atoms with Gasteiger partial charge in [0.25, 0.3) is 0 Å². The molecule has 0 saturated heterocycles. The third-order valence-corrected chi connectivity index (χ3v) is 13.1. The van der Waals surface area contributed by atoms with Crippen molar-refractivity contribution in [2.75, 3.05) is 19.0 Å². The maximum absolute atomic E-state index is 14.8. The predicted octanol–water partition coefficient (Wildman–Crippen LogP) is 9.30. The third-order valence-electron chi connectivity index (χ3n) is 10.4. The summed E-state index contributed by atoms with van der Waals surface area (Å²) >= 11 is 0. The first-order valence-corrected chi connectivity index (χ1v) is 21.4. The molecule has 8 rings (SSSR count). The van der Waals surface area contributed by atoms with Crippen LogP contribution in [-0.4, -0.2) is 39.3 Å². The number of rotatable bonds is 19. The standard InChI is InChI=1S/C41H43N5O8P2/c1-42-39-38-40(44-29-43-39)46(30-45-38)36-22-37(54-56(48,51-26-33-18-10-4-11-19-33)52-27-34-20-12-5-13-21-34)41(23-35(36)41)28-53-55(47,49-24-31-14-6-2-7-15-31)50-25-32-16-8-3-9-17-32/h2-21,29-30,35-37H,22-28H2,1H3,(H,42,43,44)/t35-,36+,37+,41+/m1/s1. The van der Waals surface area contributed by atoms with Crippen molar-refractivity contribution in [2.45, 2.75) is 51.4 Å². The molecule has 2 heterocycles. The molecule has 4 atom stereocenters. The van der Waals surface area contributed by atoms with E-state index < -0.39 is 27.2 Å². The minimum Gasteiger partial charge on any atom is -0.371 e. The van der Waals surface area contributed by atoms with Crippen LogP contribution in [-0.2, 0) is 62.7 Å². The van der Waals surface area contributed by atoms with Gasteiger partial charge in [-0.05, 0) is 41.0 Å². The molecule has 2 aliphatic carbocycles. The molecule has 290 valence electrons. The predicted molar refractivity (Wildman–Crippen MR) is 210 cm³/mol. The van der Waals surface area contributed by atoms with Crippen LogP contribution in [0, 0.1) is 11.3 Å². The number of hydrogen-bond acceptors (Lipinski definition) is 12. The Morgan fingerprint density at radius 3 is 1.62 bits per heavy atom. The number of imidazole rings is 1. The summed E-state index contributed by atoms with van der Waals surface area (Å²) in [7, 11) is -6.62. The Balaban J connectivity index is 1.09. The molecule has 0 aliphatic heterocycles. The van der Waals surface area contributed by atoms with Gasteiger partial charge in [0, 0.05) is 18.5 Å². The van der Waals surface area contributed by atoms with Gasteiger partial charge in [0.15, 0.2) is 11.5 Å². The highest BCUT2D eigenvalue weighted by molar-refractivity contribution is 7.48. The molecular weight excluding hydrogens is 752 g/mol. The van der Waals surface area contributed by atoms with Crippen molar-refractivity contribution >= 4 is 32.6 Å². The van der Waals surface area contributed by atoms with Gasteiger partial charge in [0.2, 0.25) is 0 Å². The highest BCUT2D eigenvalue weighted by atomic mass is 31.2. The third kappa shape index (κ3) is 8.71. The largest absolute Gasteiger partial charge is 0.475 e. The Labute approximate surface area is 325 Å². The van der Waals surface area contributed by atoms with E-state index in [4.69, 9.17) is 27.1 Å². The summed E-state index contributed by atoms with van der Waals surface area (Å²) in [6.45, 7) is -0.0452. The average Bonchev–Trinajstić information content (AvgIpc) is 3.71. The smallest absolute Gasteiger partial charge is 0.371 e. The molecule has 2 aliphatic rings. The monoisotopic (exact) mass is 795 g/mol. The van der Waals surface area contributed by atoms with Crippen LogP contribution in [0.4, 0.5) is 5.82 Å². The van der Waals surface area contributed by atoms with Crippen molar-refractivity contribution in [3.63, 3.8) is 0 Å². The molecule has 4 aromatic carbocycles. The van der Waals surface area contributed by atoms with Crippen LogP contribution in [0.2, 0.25) is 0 Å². The lowest BCUT2D eigenvalue weighted by molar-refractivity contribution is 0.0164. The fourth-order valence-corrected chi connectivity index (χ4v) is 9.98. The molecular formula is C41H43N5O8P2. The highest BCUT2D eigenvalue weighted by Crippen LogP contribution is 2.72. The van der Waals surface area contributed by atoms with Crippen LogP contribution in [0.15, 0.2) is 134 Å². The van der Waals surface area contributed by atoms with Gasteiger partial charge in [0.05, 0.1) is 45.5 Å². The molecule has 0 amide bonds. The van der Waals surface area contributed by atoms with Crippen molar-refractivity contribution in [3.8, 4) is 0 Å². The average molecular weight is 796 g/mol. The van der Waals surface area contributed by atoms with Gasteiger partial charge in [-0.1, -0.05) is 121 Å². The van der Waals surface area contributed by atoms with Crippen molar-refractivity contribution in [3.05, 3.63) is 156 Å². The van der Waals surface area contributed by atoms with E-state index in [0.717, 1.165) is 22.3 Å². The van der Waals surface area contributed by atoms with E-state index in [1.807, 2.05) is 126 Å². The van der Waals surface area contributed by atoms with Crippen LogP contribution in [0.25, 0.3) is 11.2 Å². The fraction of sp³-hybridized carbons (Fsp3) is 0.293. The van der Waals surface area contributed by atoms with Crippen LogP contribution >= 0.6 is 15.6 Å². The normalized spacial score (nSPS) is 20.6. The number of hydrogen-bond donors (Lipinski definition) is 1. The zero-order chi connectivity index (χ0) is 38.4. The Bertz CT molecular complexity index is 2210. The molecule has 13 nitrogen and oxygen atoms in total. The van der Waals surface area contributed by atoms with Crippen molar-refractivity contribution in [1.29, 1.82) is 0 Å². The van der Waals surface area contributed by atoms with Crippen LogP contribution in [0.1, 0.15) is 41.1 Å². The van der Waals surface area contributed by atoms with Crippen LogP contribution in [0.3, 0.4) is 0 Å². The first-order valence-electron chi connectivity index (χ1n) is 18.5. The van der Waals surface area contributed by atoms with Gasteiger partial charge in [-0.25, -0.2) is 24.1 Å². The molecule has 15 heteroatoms. The quantitative estimate of drug-likeness (QED) is 0.0780. The Kier molecular flexibility index (Phi) is 11.6. The lowest BCUT2D eigenvalue weighted by atomic mass is 10.0. The summed E-state index contributed by atoms with van der Waals surface area (Å²) in [5, 5.41) is 3.08. The summed E-state index contributed by atoms with van der Waals surface area (Å²) in [5.74, 6) is 0.538. The van der Waals surface area contributed by atoms with Gasteiger partial charge in [-0.3, -0.25) is 27.1 Å². The summed E-state index contributed by atoms with van der Waals surface area (Å²) < 4.78 is 68.3. The molecule has 56 heavy (non-hydrogen) atoms. The van der Waals surface area contributed by atoms with Gasteiger partial charge >= 0.3 is 15.6 Å². The molecule has 0 unspecified atom stereocenters. The lowest BCUT2D eigenvalue weighted by Crippen LogP contribution is -2.27. The number of phosphoric ester groups is 2. The molecule has 0 bridgehead atoms. The zero-order valence-electron chi connectivity index (χ0n) is 30.8. The molecule has 6 aromatic rings. The molecule has 1 N–H and O–H groups in total. The van der Waals surface area contributed by atoms with Gasteiger partial charge in [0.1, 0.15) is 11.8 Å². The Morgan fingerprint density at radius 1 is 0.661 bits per heavy atom. The van der Waals surface area contributed by atoms with Gasteiger partial charge in [-0.2, -0.15) is 0 Å². The second-order valence-electron chi connectivity index (χ2n) is 13.9. The van der Waals surface area contributed by atoms with E-state index in [0.29, 0.717) is 29.8 Å². The summed E-state index contributed by atoms with van der Waals surface area (Å²) in [6.07, 6.45) is 3.51. The van der Waals surface area contributed by atoms with Gasteiger partial charge in [-0.15, -0.1) is 0 Å². The zero-order valence-corrected chi connectivity index (χ0v) is 32.6. The number of anilines is 1. The number of nitrogens with one attached hydrogen (secondary N) is 1. The summed E-state index contributed by atoms with van der Waals surface area (Å²) in [5.41, 5.74) is 3.75. The first kappa shape index (κ1) is 38.3. The molecule has 0 spiro atoms. The topological polar surface area (TPSA) is 145 Å². The van der Waals surface area contributed by atoms with Gasteiger partial charge < -0.3 is 9.88 Å². The van der Waals surface area contributed by atoms with E-state index in [1.165, 1.54) is 6.33 Å². The maximum atomic E-state index is 14.8. The van der Waals surface area contributed by atoms with Crippen molar-refractivity contribution in [2.24, 2.45) is 11.3 Å². The Morgan fingerprint density at radius 2 is 1.14 bits per heavy atom. The number of phosphoric acid groups is 2. The minimum atomic E-state index is -4.23. The first-order chi connectivity index (χ1) is 27.4. The number of nitrogens with zero attached hydrogens (tertiary/aromatic N) is 4. The summed E-state index contributed by atoms with van der Waals surface area (Å²) in [4.78, 5) is 13.5. The molecule has 2 aromatic heterocycles. The highest BCUT2D eigenvalue weighted by Gasteiger charge is 2.70. The minimum absolute atomic E-state index is 0.00170. The lowest BCUT2D eigenvalue weighted by Gasteiger charge is -2.29. The Hall–Kier alpha value is -4.55. The SMILES string of the molecule is CNc1ncnc2c1ncn2[C@H]1C[C@H](OP(=O)(OCc2ccccc2)OCc2ccccc2)[C@]2(COP(=O)(OCc3ccccc3)OCc3ccccc3)C[C@H]12. The molecule has 2 fully saturated rings. The van der Waals surface area contributed by atoms with E-state index >= 15 is 0 Å². The molecule has 2 saturated carbocycles. The van der Waals surface area contributed by atoms with E-state index in [9.17, 15) is 9.13 Å². The second kappa shape index (κ2) is 16.9. The van der Waals surface area contributed by atoms with Crippen LogP contribution < -0.4 is 5.32 Å². The fourth-order valence-electron chi connectivity index (χ4n) is 7.33. The number of fused-ring (bicyclic) bond motifs is 2. The second-order valence-corrected chi connectivity index (χ2v) is 17.2.